The maximum atomic E-state index is 1.86. The Labute approximate surface area is 79.3 Å². The van der Waals surface area contributed by atoms with Crippen molar-refractivity contribution in [1.82, 2.24) is 0 Å². The summed E-state index contributed by atoms with van der Waals surface area (Å²) >= 11 is 0. The first-order valence-electron chi connectivity index (χ1n) is 3.29. The summed E-state index contributed by atoms with van der Waals surface area (Å²) in [5, 5.41) is 0. The molecule has 0 spiro atoms. The summed E-state index contributed by atoms with van der Waals surface area (Å²) in [7, 11) is 0. The molecule has 2 bridgehead atoms. The van der Waals surface area contributed by atoms with Crippen LogP contribution in [0.5, 0.6) is 0 Å². The van der Waals surface area contributed by atoms with Gasteiger partial charge in [0.05, 0.1) is 0 Å². The Morgan fingerprint density at radius 1 is 1.22 bits per heavy atom. The van der Waals surface area contributed by atoms with E-state index in [0.29, 0.717) is 0 Å². The van der Waals surface area contributed by atoms with Crippen molar-refractivity contribution in [3.8, 4) is 0 Å². The first kappa shape index (κ1) is 10.1. The Hall–Kier alpha value is 1.06. The van der Waals surface area contributed by atoms with E-state index in [4.69, 9.17) is 0 Å². The molecule has 0 heterocycles. The second-order valence-electron chi connectivity index (χ2n) is 2.92. The Bertz CT molecular complexity index is 65.5. The van der Waals surface area contributed by atoms with Gasteiger partial charge in [0, 0.05) is 0 Å². The van der Waals surface area contributed by atoms with E-state index < -0.39 is 0 Å². The molecule has 2 heteroatoms. The molecule has 3 aliphatic carbocycles. The SMILES string of the molecule is C1C[C-]2CC(C1)C2.[Cl-].[Mg+2]. The third-order valence-corrected chi connectivity index (χ3v) is 2.30. The fourth-order valence-electron chi connectivity index (χ4n) is 1.81. The van der Waals surface area contributed by atoms with Crippen molar-refractivity contribution in [3.05, 3.63) is 5.92 Å². The average Bonchev–Trinajstić information content (AvgIpc) is 1.67. The fourth-order valence-corrected chi connectivity index (χ4v) is 1.81. The quantitative estimate of drug-likeness (QED) is 0.303. The van der Waals surface area contributed by atoms with E-state index in [1.807, 2.05) is 5.92 Å². The molecule has 48 valence electrons. The summed E-state index contributed by atoms with van der Waals surface area (Å²) < 4.78 is 0. The number of fused-ring (bicyclic) bond motifs is 2. The Kier molecular flexibility index (Phi) is 4.52. The van der Waals surface area contributed by atoms with Crippen LogP contribution in [0.3, 0.4) is 0 Å². The molecule has 0 atom stereocenters. The van der Waals surface area contributed by atoms with Crippen LogP contribution in [-0.2, 0) is 0 Å². The van der Waals surface area contributed by atoms with Gasteiger partial charge in [-0.05, 0) is 0 Å². The number of rotatable bonds is 0. The molecule has 0 aromatic carbocycles. The van der Waals surface area contributed by atoms with E-state index in [9.17, 15) is 0 Å². The van der Waals surface area contributed by atoms with E-state index in [2.05, 4.69) is 0 Å². The molecule has 0 unspecified atom stereocenters. The monoisotopic (exact) mass is 154 g/mol. The molecule has 0 saturated heterocycles. The van der Waals surface area contributed by atoms with Crippen LogP contribution in [-0.4, -0.2) is 23.1 Å². The molecule has 0 amide bonds. The summed E-state index contributed by atoms with van der Waals surface area (Å²) in [6.07, 6.45) is 7.50. The van der Waals surface area contributed by atoms with Crippen LogP contribution >= 0.6 is 0 Å². The Morgan fingerprint density at radius 3 is 2.00 bits per heavy atom. The number of halogens is 1. The van der Waals surface area contributed by atoms with Crippen LogP contribution in [0.1, 0.15) is 32.1 Å². The van der Waals surface area contributed by atoms with Gasteiger partial charge in [0.1, 0.15) is 0 Å². The molecular weight excluding hydrogens is 144 g/mol. The second-order valence-corrected chi connectivity index (χ2v) is 2.92. The van der Waals surface area contributed by atoms with Gasteiger partial charge in [0.25, 0.3) is 0 Å². The second kappa shape index (κ2) is 4.04. The molecule has 3 saturated carbocycles. The topological polar surface area (TPSA) is 0 Å². The van der Waals surface area contributed by atoms with Crippen molar-refractivity contribution in [2.24, 2.45) is 5.92 Å². The zero-order valence-electron chi connectivity index (χ0n) is 5.70. The van der Waals surface area contributed by atoms with Gasteiger partial charge in [-0.25, -0.2) is 0 Å². The summed E-state index contributed by atoms with van der Waals surface area (Å²) in [6, 6.07) is 0. The predicted molar refractivity (Wildman–Crippen MR) is 35.6 cm³/mol. The summed E-state index contributed by atoms with van der Waals surface area (Å²) in [5.74, 6) is 3.00. The van der Waals surface area contributed by atoms with E-state index >= 15 is 0 Å². The fraction of sp³-hybridized carbons (Fsp3) is 0.857. The molecule has 0 radical (unpaired) electrons. The minimum Gasteiger partial charge on any atom is -1.00 e. The van der Waals surface area contributed by atoms with Crippen LogP contribution in [0.2, 0.25) is 0 Å². The largest absolute Gasteiger partial charge is 2.00 e. The Morgan fingerprint density at radius 2 is 1.89 bits per heavy atom. The third kappa shape index (κ3) is 1.99. The molecule has 3 aliphatic rings. The third-order valence-electron chi connectivity index (χ3n) is 2.30. The summed E-state index contributed by atoms with van der Waals surface area (Å²) in [4.78, 5) is 0. The first-order valence-corrected chi connectivity index (χ1v) is 3.29. The van der Waals surface area contributed by atoms with Gasteiger partial charge >= 0.3 is 23.1 Å². The van der Waals surface area contributed by atoms with Gasteiger partial charge in [0.15, 0.2) is 0 Å². The first-order chi connectivity index (χ1) is 3.45. The predicted octanol–water partition coefficient (Wildman–Crippen LogP) is -1.22. The van der Waals surface area contributed by atoms with Crippen LogP contribution in [0.4, 0.5) is 0 Å². The number of hydrogen-bond donors (Lipinski definition) is 0. The smallest absolute Gasteiger partial charge is 1.00 e. The maximum Gasteiger partial charge on any atom is 2.00 e. The molecule has 0 nitrogen and oxygen atoms in total. The molecule has 3 rings (SSSR count). The standard InChI is InChI=1S/C7H11.ClH.Mg/c1-2-6-4-7(3-1)5-6;;/h6H,1-5H2;1H;/q-1;;+2/p-1. The molecule has 0 aliphatic heterocycles. The van der Waals surface area contributed by atoms with Crippen molar-refractivity contribution in [2.75, 3.05) is 0 Å². The molecule has 9 heavy (non-hydrogen) atoms. The van der Waals surface area contributed by atoms with E-state index in [1.54, 1.807) is 0 Å². The zero-order valence-corrected chi connectivity index (χ0v) is 7.87. The van der Waals surface area contributed by atoms with Gasteiger partial charge in [-0.2, -0.15) is 19.3 Å². The molecule has 0 aromatic rings. The van der Waals surface area contributed by atoms with Crippen molar-refractivity contribution >= 4 is 23.1 Å². The van der Waals surface area contributed by atoms with Crippen molar-refractivity contribution in [1.29, 1.82) is 0 Å². The van der Waals surface area contributed by atoms with Gasteiger partial charge < -0.3 is 18.3 Å². The molecule has 0 aromatic heterocycles. The van der Waals surface area contributed by atoms with Gasteiger partial charge in [-0.15, -0.1) is 0 Å². The van der Waals surface area contributed by atoms with Crippen molar-refractivity contribution < 1.29 is 12.4 Å². The normalized spacial score (nSPS) is 25.3. The van der Waals surface area contributed by atoms with Gasteiger partial charge in [0.2, 0.25) is 0 Å². The van der Waals surface area contributed by atoms with Crippen LogP contribution in [0.15, 0.2) is 0 Å². The maximum absolute atomic E-state index is 1.86. The van der Waals surface area contributed by atoms with Crippen molar-refractivity contribution in [3.63, 3.8) is 0 Å². The molecule has 3 fully saturated rings. The molecule has 0 N–H and O–H groups in total. The minimum absolute atomic E-state index is 0. The van der Waals surface area contributed by atoms with Crippen LogP contribution in [0.25, 0.3) is 0 Å². The Balaban J connectivity index is 0.000000320. The zero-order chi connectivity index (χ0) is 4.69. The number of hydrogen-bond acceptors (Lipinski definition) is 0. The van der Waals surface area contributed by atoms with E-state index in [0.717, 1.165) is 5.92 Å². The summed E-state index contributed by atoms with van der Waals surface area (Å²) in [5.41, 5.74) is 0. The van der Waals surface area contributed by atoms with Gasteiger partial charge in [-0.3, -0.25) is 0 Å². The van der Waals surface area contributed by atoms with E-state index in [1.165, 1.54) is 32.1 Å². The van der Waals surface area contributed by atoms with E-state index in [-0.39, 0.29) is 35.5 Å². The van der Waals surface area contributed by atoms with Gasteiger partial charge in [-0.1, -0.05) is 18.8 Å². The molecular formula is C7H11ClMg. The van der Waals surface area contributed by atoms with Crippen molar-refractivity contribution in [2.45, 2.75) is 32.1 Å². The average molecular weight is 155 g/mol. The van der Waals surface area contributed by atoms with Crippen LogP contribution < -0.4 is 12.4 Å². The summed E-state index contributed by atoms with van der Waals surface area (Å²) in [6.45, 7) is 0. The van der Waals surface area contributed by atoms with Crippen LogP contribution in [0, 0.1) is 11.8 Å². The minimum atomic E-state index is 0.